The second-order valence-electron chi connectivity index (χ2n) is 0.289. The van der Waals surface area contributed by atoms with E-state index in [0.29, 0.717) is 0 Å². The first-order chi connectivity index (χ1) is 4.24. The first-order valence-electron chi connectivity index (χ1n) is 1.41. The van der Waals surface area contributed by atoms with Gasteiger partial charge in [-0.25, -0.2) is 0 Å². The van der Waals surface area contributed by atoms with Crippen LogP contribution in [0.1, 0.15) is 0 Å². The Bertz CT molecular complexity index is 49.7. The molecule has 6 nitrogen and oxygen atoms in total. The van der Waals surface area contributed by atoms with Gasteiger partial charge in [-0.2, -0.15) is 0 Å². The average Bonchev–Trinajstić information content (AvgIpc) is 1.70. The maximum absolute atomic E-state index is 8.25. The van der Waals surface area contributed by atoms with Crippen LogP contribution in [0.15, 0.2) is 0 Å². The summed E-state index contributed by atoms with van der Waals surface area (Å²) < 4.78 is 0. The van der Waals surface area contributed by atoms with Gasteiger partial charge in [0.05, 0.1) is 0 Å². The van der Waals surface area contributed by atoms with Crippen molar-refractivity contribution in [1.82, 2.24) is 0 Å². The zero-order valence-electron chi connectivity index (χ0n) is 4.59. The normalized spacial score (nSPS) is 3.60. The molecule has 57 valence electrons. The average molecular weight is 285 g/mol. The van der Waals surface area contributed by atoms with E-state index < -0.39 is 19.4 Å². The van der Waals surface area contributed by atoms with Gasteiger partial charge in [0.1, 0.15) is 0 Å². The molecule has 0 fully saturated rings. The quantitative estimate of drug-likeness (QED) is 0.411. The van der Waals surface area contributed by atoms with E-state index in [2.05, 4.69) is 0 Å². The Morgan fingerprint density at radius 3 is 0.700 bits per heavy atom. The molecule has 0 saturated carbocycles. The molecule has 0 atom stereocenters. The Kier molecular flexibility index (Phi) is 157. The van der Waals surface area contributed by atoms with Crippen LogP contribution in [0, 0.1) is 40.4 Å². The molecule has 0 heterocycles. The Labute approximate surface area is 89.0 Å². The first-order valence-corrected chi connectivity index (χ1v) is 1.41. The van der Waals surface area contributed by atoms with E-state index >= 15 is 0 Å². The molecule has 1 radical (unpaired) electrons. The molecular weight excluding hydrogens is 282 g/mol. The molecule has 0 bridgehead atoms. The summed E-state index contributed by atoms with van der Waals surface area (Å²) in [6.45, 7) is -1.50. The van der Waals surface area contributed by atoms with E-state index in [-0.39, 0.29) is 40.4 Å². The molecule has 0 aromatic heterocycles. The van der Waals surface area contributed by atoms with E-state index in [1.54, 1.807) is 0 Å². The number of carbonyl (C=O) groups is 3. The van der Waals surface area contributed by atoms with Crippen LogP contribution in [0.3, 0.4) is 0 Å². The van der Waals surface area contributed by atoms with Crippen molar-refractivity contribution in [2.24, 2.45) is 0 Å². The second kappa shape index (κ2) is 69.6. The minimum absolute atomic E-state index is 0. The van der Waals surface area contributed by atoms with Crippen LogP contribution >= 0.6 is 0 Å². The third kappa shape index (κ3) is 5540. The molecule has 0 aromatic carbocycles. The summed E-state index contributed by atoms with van der Waals surface area (Å²) in [6.07, 6.45) is 0. The number of carbonyl (C=O) groups excluding carboxylic acids is 3. The van der Waals surface area contributed by atoms with Crippen LogP contribution in [0.25, 0.3) is 0 Å². The second-order valence-corrected chi connectivity index (χ2v) is 0.289. The zero-order chi connectivity index (χ0) is 8.12. The fourth-order valence-electron chi connectivity index (χ4n) is 0. The van der Waals surface area contributed by atoms with Crippen LogP contribution in [0.2, 0.25) is 0 Å². The van der Waals surface area contributed by atoms with Crippen molar-refractivity contribution in [3.8, 4) is 0 Å². The predicted octanol–water partition coefficient (Wildman–Crippen LogP) is -4.90. The van der Waals surface area contributed by atoms with Gasteiger partial charge in [0.2, 0.25) is 0 Å². The summed E-state index contributed by atoms with van der Waals surface area (Å²) in [4.78, 5) is 24.8. The number of hydrogen-bond donors (Lipinski definition) is 0. The monoisotopic (exact) mass is 287 g/mol. The third-order valence-corrected chi connectivity index (χ3v) is 0. The first kappa shape index (κ1) is 22.6. The largest absolute Gasteiger partial charge is 3.00 e. The zero-order valence-corrected chi connectivity index (χ0v) is 7.21. The Morgan fingerprint density at radius 1 is 0.700 bits per heavy atom. The molecule has 0 amide bonds. The topological polar surface area (TPSA) is 120 Å². The van der Waals surface area contributed by atoms with E-state index in [9.17, 15) is 0 Å². The van der Waals surface area contributed by atoms with Crippen LogP contribution < -0.4 is 15.3 Å². The maximum Gasteiger partial charge on any atom is 3.00 e. The summed E-state index contributed by atoms with van der Waals surface area (Å²) in [5.41, 5.74) is 0. The molecule has 0 N–H and O–H groups in total. The SMILES string of the molecule is O=C[O-].O=C[O-].O=C[O-].[Sm+3]. The van der Waals surface area contributed by atoms with Gasteiger partial charge in [-0.1, -0.05) is 0 Å². The molecule has 0 aliphatic heterocycles. The van der Waals surface area contributed by atoms with Gasteiger partial charge >= 0.3 is 40.4 Å². The van der Waals surface area contributed by atoms with E-state index in [1.807, 2.05) is 0 Å². The fraction of sp³-hybridized carbons (Fsp3) is 0. The Hall–Kier alpha value is -0.252. The van der Waals surface area contributed by atoms with Crippen LogP contribution in [0.5, 0.6) is 0 Å². The van der Waals surface area contributed by atoms with Crippen LogP contribution in [-0.2, 0) is 14.4 Å². The number of rotatable bonds is 0. The van der Waals surface area contributed by atoms with Crippen LogP contribution in [0.4, 0.5) is 0 Å². The van der Waals surface area contributed by atoms with Crippen molar-refractivity contribution in [1.29, 1.82) is 0 Å². The Balaban J connectivity index is -0.0000000257. The summed E-state index contributed by atoms with van der Waals surface area (Å²) in [6, 6.07) is 0. The standard InChI is InChI=1S/3CH2O2.Sm/c3*2-1-3;/h3*1H,(H,2,3);/q;;;+3/p-3. The number of hydrogen-bond acceptors (Lipinski definition) is 6. The molecule has 10 heavy (non-hydrogen) atoms. The van der Waals surface area contributed by atoms with Crippen molar-refractivity contribution in [3.63, 3.8) is 0 Å². The maximum atomic E-state index is 8.25. The molecule has 0 aromatic rings. The van der Waals surface area contributed by atoms with Crippen LogP contribution in [-0.4, -0.2) is 19.4 Å². The van der Waals surface area contributed by atoms with Gasteiger partial charge < -0.3 is 29.7 Å². The van der Waals surface area contributed by atoms with Gasteiger partial charge in [-0.05, 0) is 0 Å². The van der Waals surface area contributed by atoms with Gasteiger partial charge in [-0.15, -0.1) is 0 Å². The molecule has 7 heteroatoms. The van der Waals surface area contributed by atoms with Gasteiger partial charge in [-0.3, -0.25) is 0 Å². The molecule has 0 aliphatic carbocycles. The van der Waals surface area contributed by atoms with Gasteiger partial charge in [0, 0.05) is 19.4 Å². The minimum Gasteiger partial charge on any atom is -0.554 e. The predicted molar refractivity (Wildman–Crippen MR) is 18.2 cm³/mol. The Morgan fingerprint density at radius 2 is 0.700 bits per heavy atom. The van der Waals surface area contributed by atoms with Crippen molar-refractivity contribution < 1.29 is 70.1 Å². The summed E-state index contributed by atoms with van der Waals surface area (Å²) in [5, 5.41) is 24.8. The molecule has 0 saturated heterocycles. The third-order valence-electron chi connectivity index (χ3n) is 0. The van der Waals surface area contributed by atoms with Crippen molar-refractivity contribution in [2.75, 3.05) is 0 Å². The summed E-state index contributed by atoms with van der Waals surface area (Å²) in [5.74, 6) is 0. The molecule has 0 unspecified atom stereocenters. The van der Waals surface area contributed by atoms with Gasteiger partial charge in [0.15, 0.2) is 0 Å². The summed E-state index contributed by atoms with van der Waals surface area (Å²) >= 11 is 0. The smallest absolute Gasteiger partial charge is 0.554 e. The molecule has 0 rings (SSSR count). The van der Waals surface area contributed by atoms with Crippen molar-refractivity contribution in [3.05, 3.63) is 0 Å². The van der Waals surface area contributed by atoms with Crippen molar-refractivity contribution in [2.45, 2.75) is 0 Å². The van der Waals surface area contributed by atoms with E-state index in [0.717, 1.165) is 0 Å². The molecule has 0 aliphatic rings. The van der Waals surface area contributed by atoms with Crippen molar-refractivity contribution >= 4 is 19.4 Å². The molecular formula is C3H3O6Sm. The number of carboxylic acid groups (broad SMARTS) is 3. The van der Waals surface area contributed by atoms with Gasteiger partial charge in [0.25, 0.3) is 0 Å². The minimum atomic E-state index is -0.500. The van der Waals surface area contributed by atoms with E-state index in [1.165, 1.54) is 0 Å². The summed E-state index contributed by atoms with van der Waals surface area (Å²) in [7, 11) is 0. The molecule has 0 spiro atoms. The fourth-order valence-corrected chi connectivity index (χ4v) is 0. The van der Waals surface area contributed by atoms with E-state index in [4.69, 9.17) is 29.7 Å².